The Balaban J connectivity index is 1.34. The van der Waals surface area contributed by atoms with Crippen LogP contribution in [0.1, 0.15) is 15.5 Å². The summed E-state index contributed by atoms with van der Waals surface area (Å²) >= 11 is 1.44. The van der Waals surface area contributed by atoms with Crippen LogP contribution in [-0.4, -0.2) is 76.1 Å². The molecule has 9 heteroatoms. The minimum atomic E-state index is -0.579. The summed E-state index contributed by atoms with van der Waals surface area (Å²) in [6.07, 6.45) is 1.46. The largest absolute Gasteiger partial charge is 0.437 e. The Morgan fingerprint density at radius 1 is 1.33 bits per heavy atom. The monoisotopic (exact) mass is 385 g/mol. The smallest absolute Gasteiger partial charge is 0.411 e. The van der Waals surface area contributed by atoms with Gasteiger partial charge in [0.05, 0.1) is 24.0 Å². The van der Waals surface area contributed by atoms with E-state index < -0.39 is 5.60 Å². The zero-order valence-electron chi connectivity index (χ0n) is 14.9. The van der Waals surface area contributed by atoms with Crippen molar-refractivity contribution in [3.8, 4) is 0 Å². The van der Waals surface area contributed by atoms with E-state index in [4.69, 9.17) is 4.74 Å². The summed E-state index contributed by atoms with van der Waals surface area (Å²) in [5.41, 5.74) is -0.579. The first-order chi connectivity index (χ1) is 13.1. The molecule has 2 aromatic rings. The second-order valence-corrected chi connectivity index (χ2v) is 8.14. The molecular weight excluding hydrogens is 366 g/mol. The number of thiophene rings is 1. The Morgan fingerprint density at radius 2 is 2.19 bits per heavy atom. The third-order valence-electron chi connectivity index (χ3n) is 5.53. The lowest BCUT2D eigenvalue weighted by Crippen LogP contribution is -2.71. The highest BCUT2D eigenvalue weighted by Crippen LogP contribution is 2.41. The summed E-state index contributed by atoms with van der Waals surface area (Å²) in [7, 11) is 0. The molecule has 1 spiro atoms. The molecule has 5 heterocycles. The van der Waals surface area contributed by atoms with Crippen molar-refractivity contribution in [1.29, 1.82) is 0 Å². The zero-order chi connectivity index (χ0) is 18.6. The van der Waals surface area contributed by atoms with Crippen LogP contribution >= 0.6 is 11.3 Å². The van der Waals surface area contributed by atoms with Crippen LogP contribution in [0.2, 0.25) is 0 Å². The van der Waals surface area contributed by atoms with Gasteiger partial charge in [-0.2, -0.15) is 0 Å². The molecule has 1 atom stereocenters. The van der Waals surface area contributed by atoms with E-state index in [0.717, 1.165) is 10.7 Å². The van der Waals surface area contributed by atoms with Crippen molar-refractivity contribution in [3.05, 3.63) is 40.5 Å². The molecule has 140 valence electrons. The number of hydrogen-bond acceptors (Lipinski definition) is 7. The van der Waals surface area contributed by atoms with Crippen LogP contribution in [0, 0.1) is 6.92 Å². The SMILES string of the molecule is Cc1nccc(N2CC3(C2)OC(=O)N2CCN(C(=O)c4cccs4)CC23)n1. The molecule has 3 saturated heterocycles. The zero-order valence-corrected chi connectivity index (χ0v) is 15.7. The fourth-order valence-electron chi connectivity index (χ4n) is 4.15. The van der Waals surface area contributed by atoms with E-state index in [9.17, 15) is 9.59 Å². The highest BCUT2D eigenvalue weighted by molar-refractivity contribution is 7.12. The van der Waals surface area contributed by atoms with Crippen molar-refractivity contribution in [3.63, 3.8) is 0 Å². The van der Waals surface area contributed by atoms with Gasteiger partial charge < -0.3 is 14.5 Å². The van der Waals surface area contributed by atoms with Crippen LogP contribution in [-0.2, 0) is 4.74 Å². The quantitative estimate of drug-likeness (QED) is 0.777. The lowest BCUT2D eigenvalue weighted by atomic mass is 9.84. The number of ether oxygens (including phenoxy) is 1. The number of amides is 2. The van der Waals surface area contributed by atoms with Crippen molar-refractivity contribution < 1.29 is 14.3 Å². The predicted octanol–water partition coefficient (Wildman–Crippen LogP) is 1.38. The molecule has 2 amide bonds. The molecule has 0 radical (unpaired) electrons. The number of carbonyl (C=O) groups excluding carboxylic acids is 2. The lowest BCUT2D eigenvalue weighted by Gasteiger charge is -2.51. The molecule has 0 aromatic carbocycles. The van der Waals surface area contributed by atoms with Gasteiger partial charge >= 0.3 is 6.09 Å². The van der Waals surface area contributed by atoms with Crippen LogP contribution in [0.15, 0.2) is 29.8 Å². The molecule has 0 N–H and O–H groups in total. The standard InChI is InChI=1S/C18H19N5O3S/c1-12-19-5-4-15(20-12)22-10-18(11-22)14-9-21(6-7-23(14)17(25)26-18)16(24)13-3-2-8-27-13/h2-5,8,14H,6-7,9-11H2,1H3. The van der Waals surface area contributed by atoms with Gasteiger partial charge in [-0.05, 0) is 24.4 Å². The molecule has 0 bridgehead atoms. The van der Waals surface area contributed by atoms with Crippen LogP contribution in [0.5, 0.6) is 0 Å². The highest BCUT2D eigenvalue weighted by Gasteiger charge is 2.62. The van der Waals surface area contributed by atoms with Gasteiger partial charge in [-0.1, -0.05) is 6.07 Å². The highest BCUT2D eigenvalue weighted by atomic mass is 32.1. The van der Waals surface area contributed by atoms with Crippen molar-refractivity contribution in [2.24, 2.45) is 0 Å². The molecule has 0 aliphatic carbocycles. The minimum absolute atomic E-state index is 0.0294. The molecule has 3 aliphatic heterocycles. The molecular formula is C18H19N5O3S. The molecule has 27 heavy (non-hydrogen) atoms. The molecule has 3 fully saturated rings. The van der Waals surface area contributed by atoms with Gasteiger partial charge in [0, 0.05) is 25.8 Å². The molecule has 5 rings (SSSR count). The second-order valence-electron chi connectivity index (χ2n) is 7.19. The van der Waals surface area contributed by atoms with E-state index >= 15 is 0 Å². The van der Waals surface area contributed by atoms with Gasteiger partial charge in [0.1, 0.15) is 11.6 Å². The van der Waals surface area contributed by atoms with E-state index in [1.165, 1.54) is 11.3 Å². The van der Waals surface area contributed by atoms with Crippen molar-refractivity contribution in [2.45, 2.75) is 18.6 Å². The summed E-state index contributed by atoms with van der Waals surface area (Å²) in [5, 5.41) is 1.90. The van der Waals surface area contributed by atoms with Gasteiger partial charge in [-0.15, -0.1) is 11.3 Å². The Hall–Kier alpha value is -2.68. The fraction of sp³-hybridized carbons (Fsp3) is 0.444. The number of piperazine rings is 1. The van der Waals surface area contributed by atoms with Crippen molar-refractivity contribution in [2.75, 3.05) is 37.6 Å². The van der Waals surface area contributed by atoms with Crippen LogP contribution in [0.3, 0.4) is 0 Å². The minimum Gasteiger partial charge on any atom is -0.437 e. The number of anilines is 1. The summed E-state index contributed by atoms with van der Waals surface area (Å²) in [6, 6.07) is 5.46. The molecule has 2 aromatic heterocycles. The van der Waals surface area contributed by atoms with E-state index in [2.05, 4.69) is 14.9 Å². The first-order valence-corrected chi connectivity index (χ1v) is 9.81. The van der Waals surface area contributed by atoms with Gasteiger partial charge in [-0.3, -0.25) is 9.69 Å². The third kappa shape index (κ3) is 2.56. The number of nitrogens with zero attached hydrogens (tertiary/aromatic N) is 5. The van der Waals surface area contributed by atoms with Crippen LogP contribution < -0.4 is 4.90 Å². The van der Waals surface area contributed by atoms with Gasteiger partial charge in [0.15, 0.2) is 5.60 Å². The first kappa shape index (κ1) is 16.5. The number of fused-ring (bicyclic) bond motifs is 2. The number of hydrogen-bond donors (Lipinski definition) is 0. The van der Waals surface area contributed by atoms with Crippen molar-refractivity contribution in [1.82, 2.24) is 19.8 Å². The molecule has 8 nitrogen and oxygen atoms in total. The average molecular weight is 385 g/mol. The topological polar surface area (TPSA) is 78.9 Å². The predicted molar refractivity (Wildman–Crippen MR) is 98.9 cm³/mol. The Bertz CT molecular complexity index is 896. The number of aromatic nitrogens is 2. The molecule has 3 aliphatic rings. The van der Waals surface area contributed by atoms with Crippen LogP contribution in [0.4, 0.5) is 10.6 Å². The maximum absolute atomic E-state index is 12.7. The van der Waals surface area contributed by atoms with Crippen LogP contribution in [0.25, 0.3) is 0 Å². The van der Waals surface area contributed by atoms with Gasteiger partial charge in [0.25, 0.3) is 5.91 Å². The summed E-state index contributed by atoms with van der Waals surface area (Å²) in [6.45, 7) is 4.56. The van der Waals surface area contributed by atoms with E-state index in [-0.39, 0.29) is 18.0 Å². The Morgan fingerprint density at radius 3 is 2.93 bits per heavy atom. The lowest BCUT2D eigenvalue weighted by molar-refractivity contribution is -0.00663. The van der Waals surface area contributed by atoms with Gasteiger partial charge in [0.2, 0.25) is 0 Å². The third-order valence-corrected chi connectivity index (χ3v) is 6.39. The molecule has 0 saturated carbocycles. The Kier molecular flexibility index (Phi) is 3.61. The Labute approximate surface area is 160 Å². The first-order valence-electron chi connectivity index (χ1n) is 8.93. The fourth-order valence-corrected chi connectivity index (χ4v) is 4.84. The second kappa shape index (κ2) is 5.91. The number of aryl methyl sites for hydroxylation is 1. The van der Waals surface area contributed by atoms with E-state index in [0.29, 0.717) is 38.5 Å². The maximum Gasteiger partial charge on any atom is 0.411 e. The number of carbonyl (C=O) groups is 2. The summed E-state index contributed by atoms with van der Waals surface area (Å²) in [4.78, 5) is 40.1. The summed E-state index contributed by atoms with van der Waals surface area (Å²) < 4.78 is 5.80. The normalized spacial score (nSPS) is 23.2. The van der Waals surface area contributed by atoms with E-state index in [1.54, 1.807) is 11.1 Å². The van der Waals surface area contributed by atoms with Gasteiger partial charge in [-0.25, -0.2) is 14.8 Å². The maximum atomic E-state index is 12.7. The summed E-state index contributed by atoms with van der Waals surface area (Å²) in [5.74, 6) is 1.58. The number of rotatable bonds is 2. The van der Waals surface area contributed by atoms with Crippen molar-refractivity contribution >= 4 is 29.2 Å². The molecule has 1 unspecified atom stereocenters. The average Bonchev–Trinajstić information content (AvgIpc) is 3.26. The van der Waals surface area contributed by atoms with E-state index in [1.807, 2.05) is 35.4 Å².